The van der Waals surface area contributed by atoms with Gasteiger partial charge in [0.25, 0.3) is 0 Å². The summed E-state index contributed by atoms with van der Waals surface area (Å²) in [4.78, 5) is 4.20. The van der Waals surface area contributed by atoms with Crippen molar-refractivity contribution in [2.75, 3.05) is 6.54 Å². The number of benzene rings is 1. The van der Waals surface area contributed by atoms with Crippen LogP contribution < -0.4 is 15.8 Å². The molecule has 4 rings (SSSR count). The number of rotatable bonds is 0. The van der Waals surface area contributed by atoms with E-state index in [9.17, 15) is 5.11 Å². The summed E-state index contributed by atoms with van der Waals surface area (Å²) in [5, 5.41) is 13.0. The van der Waals surface area contributed by atoms with Crippen LogP contribution >= 0.6 is 15.9 Å². The van der Waals surface area contributed by atoms with Crippen LogP contribution in [-0.2, 0) is 5.41 Å². The van der Waals surface area contributed by atoms with E-state index in [0.29, 0.717) is 18.2 Å². The van der Waals surface area contributed by atoms with Gasteiger partial charge in [0.2, 0.25) is 5.88 Å². The van der Waals surface area contributed by atoms with Gasteiger partial charge in [-0.25, -0.2) is 4.98 Å². The minimum absolute atomic E-state index is 0.106. The van der Waals surface area contributed by atoms with E-state index in [0.717, 1.165) is 21.3 Å². The smallest absolute Gasteiger partial charge is 0.223 e. The molecule has 2 aliphatic heterocycles. The molecule has 0 aliphatic carbocycles. The molecule has 2 aromatic rings. The van der Waals surface area contributed by atoms with Gasteiger partial charge < -0.3 is 20.9 Å². The number of hydrogen-bond donors (Lipinski definition) is 3. The minimum atomic E-state index is -0.484. The van der Waals surface area contributed by atoms with Gasteiger partial charge in [-0.15, -0.1) is 0 Å². The molecule has 0 amide bonds. The zero-order valence-corrected chi connectivity index (χ0v) is 12.5. The van der Waals surface area contributed by atoms with Gasteiger partial charge in [0.1, 0.15) is 11.5 Å². The van der Waals surface area contributed by atoms with Crippen LogP contribution in [0.1, 0.15) is 11.1 Å². The second kappa shape index (κ2) is 4.14. The maximum atomic E-state index is 9.80. The lowest BCUT2D eigenvalue weighted by Crippen LogP contribution is -2.34. The normalized spacial score (nSPS) is 22.0. The summed E-state index contributed by atoms with van der Waals surface area (Å²) >= 11 is 3.50. The molecule has 0 bridgehead atoms. The van der Waals surface area contributed by atoms with Crippen LogP contribution in [0.3, 0.4) is 0 Å². The maximum Gasteiger partial charge on any atom is 0.223 e. The van der Waals surface area contributed by atoms with Crippen LogP contribution in [0.4, 0.5) is 0 Å². The fraction of sp³-hybridized carbons (Fsp3) is 0.133. The van der Waals surface area contributed by atoms with E-state index < -0.39 is 5.41 Å². The lowest BCUT2D eigenvalue weighted by molar-refractivity contribution is 0.399. The van der Waals surface area contributed by atoms with E-state index in [2.05, 4.69) is 26.2 Å². The highest BCUT2D eigenvalue weighted by Crippen LogP contribution is 2.50. The molecule has 21 heavy (non-hydrogen) atoms. The Morgan fingerprint density at radius 3 is 2.95 bits per heavy atom. The van der Waals surface area contributed by atoms with Crippen molar-refractivity contribution in [2.45, 2.75) is 5.41 Å². The molecule has 3 heterocycles. The van der Waals surface area contributed by atoms with E-state index in [1.165, 1.54) is 6.20 Å². The van der Waals surface area contributed by atoms with E-state index >= 15 is 0 Å². The number of nitrogens with two attached hydrogens (primary N) is 1. The second-order valence-corrected chi connectivity index (χ2v) is 6.13. The van der Waals surface area contributed by atoms with Crippen LogP contribution in [0, 0.1) is 0 Å². The summed E-state index contributed by atoms with van der Waals surface area (Å²) in [5.74, 6) is 1.96. The minimum Gasteiger partial charge on any atom is -0.506 e. The molecule has 0 saturated heterocycles. The van der Waals surface area contributed by atoms with Gasteiger partial charge in [-0.05, 0) is 30.3 Å². The first-order valence-electron chi connectivity index (χ1n) is 6.48. The van der Waals surface area contributed by atoms with E-state index in [4.69, 9.17) is 10.5 Å². The van der Waals surface area contributed by atoms with Gasteiger partial charge in [-0.1, -0.05) is 15.9 Å². The molecule has 2 aliphatic rings. The Morgan fingerprint density at radius 1 is 1.33 bits per heavy atom. The first kappa shape index (κ1) is 12.5. The number of ether oxygens (including phenoxy) is 1. The summed E-state index contributed by atoms with van der Waals surface area (Å²) in [6, 6.07) is 7.52. The molecule has 1 spiro atoms. The number of aromatic nitrogens is 1. The molecular formula is C15H12BrN3O2. The summed E-state index contributed by atoms with van der Waals surface area (Å²) in [6.07, 6.45) is 3.34. The van der Waals surface area contributed by atoms with Crippen molar-refractivity contribution in [1.82, 2.24) is 10.3 Å². The molecule has 0 saturated carbocycles. The Kier molecular flexibility index (Phi) is 2.47. The summed E-state index contributed by atoms with van der Waals surface area (Å²) in [6.45, 7) is 0.601. The molecule has 0 radical (unpaired) electrons. The zero-order valence-electron chi connectivity index (χ0n) is 10.9. The molecule has 5 nitrogen and oxygen atoms in total. The van der Waals surface area contributed by atoms with Crippen molar-refractivity contribution in [2.24, 2.45) is 5.73 Å². The first-order valence-corrected chi connectivity index (χ1v) is 7.27. The van der Waals surface area contributed by atoms with Gasteiger partial charge in [0, 0.05) is 22.1 Å². The molecule has 106 valence electrons. The zero-order chi connectivity index (χ0) is 14.6. The third kappa shape index (κ3) is 1.72. The average Bonchev–Trinajstić information content (AvgIpc) is 2.84. The predicted octanol–water partition coefficient (Wildman–Crippen LogP) is 2.34. The summed E-state index contributed by atoms with van der Waals surface area (Å²) < 4.78 is 6.83. The number of pyridine rings is 1. The van der Waals surface area contributed by atoms with Crippen molar-refractivity contribution < 1.29 is 9.84 Å². The second-order valence-electron chi connectivity index (χ2n) is 5.21. The monoisotopic (exact) mass is 345 g/mol. The lowest BCUT2D eigenvalue weighted by atomic mass is 9.74. The fourth-order valence-corrected chi connectivity index (χ4v) is 3.35. The van der Waals surface area contributed by atoms with E-state index in [1.54, 1.807) is 6.07 Å². The summed E-state index contributed by atoms with van der Waals surface area (Å²) in [5.41, 5.74) is 7.26. The third-order valence-corrected chi connectivity index (χ3v) is 4.41. The average molecular weight is 346 g/mol. The molecular weight excluding hydrogens is 334 g/mol. The van der Waals surface area contributed by atoms with Gasteiger partial charge in [-0.2, -0.15) is 0 Å². The highest BCUT2D eigenvalue weighted by Gasteiger charge is 2.44. The molecule has 4 N–H and O–H groups in total. The molecule has 1 atom stereocenters. The topological polar surface area (TPSA) is 80.4 Å². The van der Waals surface area contributed by atoms with Crippen molar-refractivity contribution in [3.8, 4) is 17.4 Å². The molecule has 6 heteroatoms. The molecule has 1 aromatic heterocycles. The molecule has 1 aromatic carbocycles. The van der Waals surface area contributed by atoms with Gasteiger partial charge in [0.15, 0.2) is 0 Å². The van der Waals surface area contributed by atoms with E-state index in [-0.39, 0.29) is 5.75 Å². The van der Waals surface area contributed by atoms with Crippen molar-refractivity contribution in [1.29, 1.82) is 0 Å². The highest BCUT2D eigenvalue weighted by atomic mass is 79.9. The third-order valence-electron chi connectivity index (χ3n) is 3.92. The predicted molar refractivity (Wildman–Crippen MR) is 81.2 cm³/mol. The van der Waals surface area contributed by atoms with Crippen LogP contribution in [0.25, 0.3) is 0 Å². The number of halogens is 1. The number of nitrogens with zero attached hydrogens (tertiary/aromatic N) is 1. The SMILES string of the molecule is NC1=C[C@]2(CN1)c1cc(Br)ccc1Oc1ncc(O)cc12. The number of hydrogen-bond acceptors (Lipinski definition) is 5. The van der Waals surface area contributed by atoms with Crippen molar-refractivity contribution in [3.63, 3.8) is 0 Å². The number of fused-ring (bicyclic) bond motifs is 4. The van der Waals surface area contributed by atoms with E-state index in [1.807, 2.05) is 24.3 Å². The molecule has 0 fully saturated rings. The van der Waals surface area contributed by atoms with Crippen LogP contribution in [0.2, 0.25) is 0 Å². The van der Waals surface area contributed by atoms with Crippen molar-refractivity contribution in [3.05, 3.63) is 58.0 Å². The largest absolute Gasteiger partial charge is 0.506 e. The van der Waals surface area contributed by atoms with Gasteiger partial charge in [-0.3, -0.25) is 0 Å². The quantitative estimate of drug-likeness (QED) is 0.682. The highest BCUT2D eigenvalue weighted by molar-refractivity contribution is 9.10. The van der Waals surface area contributed by atoms with Gasteiger partial charge >= 0.3 is 0 Å². The Balaban J connectivity index is 2.05. The van der Waals surface area contributed by atoms with Crippen LogP contribution in [0.15, 0.2) is 46.8 Å². The number of aromatic hydroxyl groups is 1. The lowest BCUT2D eigenvalue weighted by Gasteiger charge is -2.34. The Labute approximate surface area is 129 Å². The van der Waals surface area contributed by atoms with Crippen molar-refractivity contribution >= 4 is 15.9 Å². The van der Waals surface area contributed by atoms with Gasteiger partial charge in [0.05, 0.1) is 17.4 Å². The Morgan fingerprint density at radius 2 is 2.19 bits per heavy atom. The fourth-order valence-electron chi connectivity index (χ4n) is 2.99. The Hall–Kier alpha value is -2.21. The Bertz CT molecular complexity index is 737. The van der Waals surface area contributed by atoms with Crippen LogP contribution in [-0.4, -0.2) is 16.6 Å². The first-order chi connectivity index (χ1) is 10.1. The maximum absolute atomic E-state index is 9.80. The molecule has 0 unspecified atom stereocenters. The van der Waals surface area contributed by atoms with Crippen LogP contribution in [0.5, 0.6) is 17.4 Å². The standard InChI is InChI=1S/C15H12BrN3O2/c16-8-1-2-12-10(3-8)15(5-13(17)19-7-15)11-4-9(20)6-18-14(11)21-12/h1-6,19-20H,7,17H2/t15-/m0/s1. The summed E-state index contributed by atoms with van der Waals surface area (Å²) in [7, 11) is 0. The number of nitrogens with one attached hydrogen (secondary N) is 1.